The number of rotatable bonds is 1. The molecule has 0 amide bonds. The van der Waals surface area contributed by atoms with Gasteiger partial charge in [0.05, 0.1) is 0 Å². The van der Waals surface area contributed by atoms with E-state index in [9.17, 15) is 0 Å². The van der Waals surface area contributed by atoms with Crippen LogP contribution in [0.3, 0.4) is 0 Å². The Balaban J connectivity index is 2.51. The molecule has 0 radical (unpaired) electrons. The van der Waals surface area contributed by atoms with Crippen molar-refractivity contribution in [1.82, 2.24) is 19.7 Å². The molecule has 0 bridgehead atoms. The summed E-state index contributed by atoms with van der Waals surface area (Å²) in [6, 6.07) is 3.59. The van der Waals surface area contributed by atoms with Crippen molar-refractivity contribution in [2.24, 2.45) is 0 Å². The number of nitrogen functional groups attached to an aromatic ring is 1. The van der Waals surface area contributed by atoms with Crippen LogP contribution >= 0.6 is 0 Å². The number of hydrogen-bond donors (Lipinski definition) is 1. The number of nitrogens with two attached hydrogens (primary N) is 1. The predicted molar refractivity (Wildman–Crippen MR) is 53.0 cm³/mol. The van der Waals surface area contributed by atoms with Gasteiger partial charge in [-0.05, 0) is 13.8 Å². The monoisotopic (exact) mass is 189 g/mol. The van der Waals surface area contributed by atoms with Crippen LogP contribution < -0.4 is 5.73 Å². The highest BCUT2D eigenvalue weighted by Gasteiger charge is 2.02. The lowest BCUT2D eigenvalue weighted by Gasteiger charge is -2.02. The summed E-state index contributed by atoms with van der Waals surface area (Å²) in [4.78, 5) is 8.43. The lowest BCUT2D eigenvalue weighted by Crippen LogP contribution is -2.02. The van der Waals surface area contributed by atoms with Gasteiger partial charge < -0.3 is 5.73 Å². The highest BCUT2D eigenvalue weighted by molar-refractivity contribution is 5.30. The Morgan fingerprint density at radius 3 is 2.64 bits per heavy atom. The van der Waals surface area contributed by atoms with Crippen LogP contribution in [0.2, 0.25) is 0 Å². The summed E-state index contributed by atoms with van der Waals surface area (Å²) in [5.41, 5.74) is 6.43. The minimum atomic E-state index is 0.485. The molecule has 0 aliphatic carbocycles. The molecule has 0 atom stereocenters. The summed E-state index contributed by atoms with van der Waals surface area (Å²) in [5, 5.41) is 4.07. The molecule has 2 heterocycles. The summed E-state index contributed by atoms with van der Waals surface area (Å²) >= 11 is 0. The van der Waals surface area contributed by atoms with Crippen molar-refractivity contribution in [2.75, 3.05) is 5.73 Å². The molecule has 2 aromatic rings. The van der Waals surface area contributed by atoms with E-state index >= 15 is 0 Å². The maximum absolute atomic E-state index is 5.52. The van der Waals surface area contributed by atoms with Crippen LogP contribution in [-0.4, -0.2) is 19.7 Å². The minimum absolute atomic E-state index is 0.485. The molecule has 72 valence electrons. The number of aromatic nitrogens is 4. The predicted octanol–water partition coefficient (Wildman–Crippen LogP) is 0.861. The van der Waals surface area contributed by atoms with Gasteiger partial charge in [0.25, 0.3) is 0 Å². The molecule has 5 heteroatoms. The van der Waals surface area contributed by atoms with E-state index in [0.717, 1.165) is 17.3 Å². The van der Waals surface area contributed by atoms with Crippen molar-refractivity contribution in [2.45, 2.75) is 13.8 Å². The molecule has 0 spiro atoms. The quantitative estimate of drug-likeness (QED) is 0.722. The van der Waals surface area contributed by atoms with Gasteiger partial charge in [-0.25, -0.2) is 14.6 Å². The molecule has 0 saturated carbocycles. The Morgan fingerprint density at radius 2 is 2.07 bits per heavy atom. The molecule has 0 unspecified atom stereocenters. The van der Waals surface area contributed by atoms with Crippen LogP contribution in [0.1, 0.15) is 11.5 Å². The fraction of sp³-hybridized carbons (Fsp3) is 0.222. The smallest absolute Gasteiger partial charge is 0.157 e. The first-order chi connectivity index (χ1) is 6.65. The highest BCUT2D eigenvalue weighted by atomic mass is 15.3. The Bertz CT molecular complexity index is 440. The van der Waals surface area contributed by atoms with Crippen molar-refractivity contribution >= 4 is 5.82 Å². The molecule has 2 N–H and O–H groups in total. The van der Waals surface area contributed by atoms with E-state index < -0.39 is 0 Å². The Kier molecular flexibility index (Phi) is 1.92. The lowest BCUT2D eigenvalue weighted by molar-refractivity contribution is 0.826. The third-order valence-electron chi connectivity index (χ3n) is 1.80. The van der Waals surface area contributed by atoms with Crippen molar-refractivity contribution in [1.29, 1.82) is 0 Å². The Labute approximate surface area is 81.6 Å². The largest absolute Gasteiger partial charge is 0.382 e. The molecule has 14 heavy (non-hydrogen) atoms. The molecule has 0 aliphatic rings. The van der Waals surface area contributed by atoms with Gasteiger partial charge in [0.2, 0.25) is 0 Å². The van der Waals surface area contributed by atoms with Gasteiger partial charge in [0.15, 0.2) is 5.82 Å². The lowest BCUT2D eigenvalue weighted by atomic mass is 10.4. The van der Waals surface area contributed by atoms with Crippen molar-refractivity contribution in [3.8, 4) is 5.82 Å². The molecular formula is C9H11N5. The Morgan fingerprint density at radius 1 is 1.29 bits per heavy atom. The second-order valence-electron chi connectivity index (χ2n) is 3.10. The van der Waals surface area contributed by atoms with E-state index in [1.54, 1.807) is 16.9 Å². The van der Waals surface area contributed by atoms with E-state index in [1.165, 1.54) is 0 Å². The van der Waals surface area contributed by atoms with Crippen LogP contribution in [0.25, 0.3) is 5.82 Å². The summed E-state index contributed by atoms with van der Waals surface area (Å²) in [6.07, 6.45) is 1.77. The Hall–Kier alpha value is -1.91. The second kappa shape index (κ2) is 3.10. The summed E-state index contributed by atoms with van der Waals surface area (Å²) < 4.78 is 1.64. The number of nitrogens with zero attached hydrogens (tertiary/aromatic N) is 4. The van der Waals surface area contributed by atoms with Crippen LogP contribution in [0.4, 0.5) is 5.82 Å². The number of hydrogen-bond acceptors (Lipinski definition) is 4. The summed E-state index contributed by atoms with van der Waals surface area (Å²) in [5.74, 6) is 1.96. The first kappa shape index (κ1) is 8.68. The van der Waals surface area contributed by atoms with Crippen molar-refractivity contribution in [3.05, 3.63) is 29.8 Å². The van der Waals surface area contributed by atoms with Crippen LogP contribution in [-0.2, 0) is 0 Å². The van der Waals surface area contributed by atoms with Gasteiger partial charge >= 0.3 is 0 Å². The SMILES string of the molecule is Cc1cc(-n2ccc(N)n2)nc(C)n1. The fourth-order valence-corrected chi connectivity index (χ4v) is 1.28. The van der Waals surface area contributed by atoms with E-state index in [2.05, 4.69) is 15.1 Å². The van der Waals surface area contributed by atoms with Crippen molar-refractivity contribution < 1.29 is 0 Å². The van der Waals surface area contributed by atoms with E-state index in [1.807, 2.05) is 19.9 Å². The minimum Gasteiger partial charge on any atom is -0.382 e. The molecule has 0 saturated heterocycles. The molecule has 5 nitrogen and oxygen atoms in total. The fourth-order valence-electron chi connectivity index (χ4n) is 1.28. The molecular weight excluding hydrogens is 178 g/mol. The summed E-state index contributed by atoms with van der Waals surface area (Å²) in [6.45, 7) is 3.77. The highest BCUT2D eigenvalue weighted by Crippen LogP contribution is 2.07. The molecule has 0 aliphatic heterocycles. The first-order valence-electron chi connectivity index (χ1n) is 4.29. The number of aryl methyl sites for hydroxylation is 2. The standard InChI is InChI=1S/C9H11N5/c1-6-5-9(12-7(2)11-6)14-4-3-8(10)13-14/h3-5H,1-2H3,(H2,10,13). The van der Waals surface area contributed by atoms with Crippen LogP contribution in [0.5, 0.6) is 0 Å². The zero-order valence-electron chi connectivity index (χ0n) is 8.10. The van der Waals surface area contributed by atoms with Gasteiger partial charge in [-0.3, -0.25) is 0 Å². The van der Waals surface area contributed by atoms with Gasteiger partial charge in [-0.15, -0.1) is 5.10 Å². The maximum Gasteiger partial charge on any atom is 0.157 e. The van der Waals surface area contributed by atoms with Crippen LogP contribution in [0, 0.1) is 13.8 Å². The maximum atomic E-state index is 5.52. The van der Waals surface area contributed by atoms with Gasteiger partial charge in [0.1, 0.15) is 11.6 Å². The normalized spacial score (nSPS) is 10.4. The average Bonchev–Trinajstić information content (AvgIpc) is 2.50. The third-order valence-corrected chi connectivity index (χ3v) is 1.80. The van der Waals surface area contributed by atoms with Gasteiger partial charge in [-0.2, -0.15) is 0 Å². The number of anilines is 1. The first-order valence-corrected chi connectivity index (χ1v) is 4.29. The average molecular weight is 189 g/mol. The van der Waals surface area contributed by atoms with E-state index in [4.69, 9.17) is 5.73 Å². The van der Waals surface area contributed by atoms with Crippen molar-refractivity contribution in [3.63, 3.8) is 0 Å². The van der Waals surface area contributed by atoms with E-state index in [0.29, 0.717) is 5.82 Å². The van der Waals surface area contributed by atoms with Gasteiger partial charge in [0, 0.05) is 24.0 Å². The van der Waals surface area contributed by atoms with Crippen LogP contribution in [0.15, 0.2) is 18.3 Å². The topological polar surface area (TPSA) is 69.6 Å². The molecule has 0 aromatic carbocycles. The second-order valence-corrected chi connectivity index (χ2v) is 3.10. The van der Waals surface area contributed by atoms with Gasteiger partial charge in [-0.1, -0.05) is 0 Å². The molecule has 2 aromatic heterocycles. The third kappa shape index (κ3) is 1.56. The molecule has 0 fully saturated rings. The zero-order valence-corrected chi connectivity index (χ0v) is 8.10. The summed E-state index contributed by atoms with van der Waals surface area (Å²) in [7, 11) is 0. The molecule has 2 rings (SSSR count). The van der Waals surface area contributed by atoms with E-state index in [-0.39, 0.29) is 0 Å². The zero-order chi connectivity index (χ0) is 10.1.